The number of carbonyl (C=O) groups is 2. The number of nitrogens with one attached hydrogen (secondary N) is 1. The van der Waals surface area contributed by atoms with Gasteiger partial charge in [0.25, 0.3) is 5.22 Å². The van der Waals surface area contributed by atoms with E-state index in [0.29, 0.717) is 22.4 Å². The van der Waals surface area contributed by atoms with Gasteiger partial charge in [0, 0.05) is 29.5 Å². The number of carbonyl (C=O) groups excluding carboxylic acids is 2. The topological polar surface area (TPSA) is 88.3 Å². The highest BCUT2D eigenvalue weighted by Gasteiger charge is 2.19. The van der Waals surface area contributed by atoms with Crippen molar-refractivity contribution in [3.05, 3.63) is 84.9 Å². The maximum Gasteiger partial charge on any atom is 0.277 e. The van der Waals surface area contributed by atoms with Crippen molar-refractivity contribution in [2.75, 3.05) is 16.0 Å². The molecule has 7 nitrogen and oxygen atoms in total. The summed E-state index contributed by atoms with van der Waals surface area (Å²) < 4.78 is 5.73. The lowest BCUT2D eigenvalue weighted by Crippen LogP contribution is -2.27. The number of amides is 2. The van der Waals surface area contributed by atoms with Crippen LogP contribution in [0.2, 0.25) is 0 Å². The zero-order chi connectivity index (χ0) is 22.3. The van der Waals surface area contributed by atoms with Crippen molar-refractivity contribution >= 4 is 40.6 Å². The summed E-state index contributed by atoms with van der Waals surface area (Å²) in [5.41, 5.74) is 2.88. The van der Waals surface area contributed by atoms with Crippen molar-refractivity contribution in [2.24, 2.45) is 0 Å². The molecule has 0 unspecified atom stereocenters. The Kier molecular flexibility index (Phi) is 6.62. The fourth-order valence-corrected chi connectivity index (χ4v) is 3.71. The average Bonchev–Trinajstić information content (AvgIpc) is 3.28. The van der Waals surface area contributed by atoms with Crippen molar-refractivity contribution in [3.63, 3.8) is 0 Å². The molecule has 0 aliphatic rings. The summed E-state index contributed by atoms with van der Waals surface area (Å²) in [5.74, 6) is 0.163. The van der Waals surface area contributed by atoms with Crippen LogP contribution in [-0.2, 0) is 9.59 Å². The zero-order valence-electron chi connectivity index (χ0n) is 17.3. The minimum absolute atomic E-state index is 0.111. The quantitative estimate of drug-likeness (QED) is 0.397. The van der Waals surface area contributed by atoms with Crippen LogP contribution in [0.25, 0.3) is 11.5 Å². The summed E-state index contributed by atoms with van der Waals surface area (Å²) in [5, 5.41) is 11.1. The molecule has 0 spiro atoms. The predicted molar refractivity (Wildman–Crippen MR) is 125 cm³/mol. The maximum absolute atomic E-state index is 13.1. The maximum atomic E-state index is 13.1. The van der Waals surface area contributed by atoms with Gasteiger partial charge in [-0.3, -0.25) is 14.5 Å². The molecule has 0 aliphatic carbocycles. The van der Waals surface area contributed by atoms with Crippen molar-refractivity contribution in [1.82, 2.24) is 10.2 Å². The number of anilines is 3. The number of aromatic nitrogens is 2. The highest BCUT2D eigenvalue weighted by atomic mass is 32.2. The molecule has 3 aromatic carbocycles. The van der Waals surface area contributed by atoms with Crippen LogP contribution in [0.15, 0.2) is 94.6 Å². The van der Waals surface area contributed by atoms with Gasteiger partial charge in [-0.1, -0.05) is 54.2 Å². The lowest BCUT2D eigenvalue weighted by Gasteiger charge is -2.22. The number of hydrogen-bond acceptors (Lipinski definition) is 6. The highest BCUT2D eigenvalue weighted by molar-refractivity contribution is 7.99. The van der Waals surface area contributed by atoms with Gasteiger partial charge in [0.05, 0.1) is 5.75 Å². The second-order valence-electron chi connectivity index (χ2n) is 6.82. The molecule has 1 N–H and O–H groups in total. The lowest BCUT2D eigenvalue weighted by atomic mass is 10.2. The first-order chi connectivity index (χ1) is 15.6. The second kappa shape index (κ2) is 9.93. The van der Waals surface area contributed by atoms with E-state index in [-0.39, 0.29) is 17.6 Å². The standard InChI is InChI=1S/C24H20N4O3S/c1-17(29)25-19-10-8-9-18(15-19)23-26-27-24(31-23)32-16-22(30)28(20-11-4-2-5-12-20)21-13-6-3-7-14-21/h2-15H,16H2,1H3,(H,25,29). The molecule has 1 aromatic heterocycles. The van der Waals surface area contributed by atoms with E-state index in [9.17, 15) is 9.59 Å². The number of rotatable bonds is 7. The summed E-state index contributed by atoms with van der Waals surface area (Å²) in [6.07, 6.45) is 0. The summed E-state index contributed by atoms with van der Waals surface area (Å²) in [6, 6.07) is 26.1. The molecule has 0 aliphatic heterocycles. The minimum Gasteiger partial charge on any atom is -0.411 e. The number of benzene rings is 3. The molecule has 8 heteroatoms. The van der Waals surface area contributed by atoms with Gasteiger partial charge in [0.15, 0.2) is 0 Å². The van der Waals surface area contributed by atoms with E-state index in [4.69, 9.17) is 4.42 Å². The minimum atomic E-state index is -0.163. The Bertz CT molecular complexity index is 1170. The molecule has 0 atom stereocenters. The molecule has 2 amide bonds. The van der Waals surface area contributed by atoms with E-state index in [0.717, 1.165) is 11.4 Å². The molecule has 32 heavy (non-hydrogen) atoms. The van der Waals surface area contributed by atoms with Crippen molar-refractivity contribution in [3.8, 4) is 11.5 Å². The van der Waals surface area contributed by atoms with Gasteiger partial charge in [-0.25, -0.2) is 0 Å². The first kappa shape index (κ1) is 21.3. The van der Waals surface area contributed by atoms with E-state index in [1.807, 2.05) is 66.7 Å². The number of nitrogens with zero attached hydrogens (tertiary/aromatic N) is 3. The first-order valence-electron chi connectivity index (χ1n) is 9.87. The van der Waals surface area contributed by atoms with Crippen LogP contribution < -0.4 is 10.2 Å². The van der Waals surface area contributed by atoms with Crippen LogP contribution in [0.4, 0.5) is 17.1 Å². The Balaban J connectivity index is 1.48. The number of hydrogen-bond donors (Lipinski definition) is 1. The van der Waals surface area contributed by atoms with Gasteiger partial charge < -0.3 is 9.73 Å². The zero-order valence-corrected chi connectivity index (χ0v) is 18.1. The predicted octanol–water partition coefficient (Wildman–Crippen LogP) is 5.15. The third-order valence-electron chi connectivity index (χ3n) is 4.43. The Hall–Kier alpha value is -3.91. The van der Waals surface area contributed by atoms with Crippen molar-refractivity contribution < 1.29 is 14.0 Å². The molecular weight excluding hydrogens is 424 g/mol. The molecule has 0 fully saturated rings. The third-order valence-corrected chi connectivity index (χ3v) is 5.24. The van der Waals surface area contributed by atoms with Gasteiger partial charge in [-0.2, -0.15) is 0 Å². The van der Waals surface area contributed by atoms with Crippen LogP contribution in [0, 0.1) is 0 Å². The van der Waals surface area contributed by atoms with Crippen LogP contribution in [-0.4, -0.2) is 27.8 Å². The smallest absolute Gasteiger partial charge is 0.277 e. The van der Waals surface area contributed by atoms with Crippen LogP contribution in [0.3, 0.4) is 0 Å². The fourth-order valence-electron chi connectivity index (χ4n) is 3.10. The van der Waals surface area contributed by atoms with Crippen LogP contribution in [0.5, 0.6) is 0 Å². The van der Waals surface area contributed by atoms with Crippen molar-refractivity contribution in [2.45, 2.75) is 12.1 Å². The van der Waals surface area contributed by atoms with Crippen molar-refractivity contribution in [1.29, 1.82) is 0 Å². The molecule has 0 bridgehead atoms. The van der Waals surface area contributed by atoms with E-state index in [1.54, 1.807) is 23.1 Å². The average molecular weight is 445 g/mol. The van der Waals surface area contributed by atoms with Crippen LogP contribution >= 0.6 is 11.8 Å². The molecule has 1 heterocycles. The Labute approximate surface area is 189 Å². The summed E-state index contributed by atoms with van der Waals surface area (Å²) in [4.78, 5) is 26.1. The Morgan fingerprint density at radius 1 is 0.906 bits per heavy atom. The van der Waals surface area contributed by atoms with Gasteiger partial charge >= 0.3 is 0 Å². The van der Waals surface area contributed by atoms with E-state index < -0.39 is 0 Å². The summed E-state index contributed by atoms with van der Waals surface area (Å²) >= 11 is 1.18. The molecule has 4 aromatic rings. The molecule has 160 valence electrons. The molecule has 0 saturated carbocycles. The monoisotopic (exact) mass is 444 g/mol. The lowest BCUT2D eigenvalue weighted by molar-refractivity contribution is -0.115. The number of thioether (sulfide) groups is 1. The van der Waals surface area contributed by atoms with Gasteiger partial charge in [-0.15, -0.1) is 10.2 Å². The van der Waals surface area contributed by atoms with Gasteiger partial charge in [0.2, 0.25) is 17.7 Å². The largest absolute Gasteiger partial charge is 0.411 e. The highest BCUT2D eigenvalue weighted by Crippen LogP contribution is 2.29. The number of para-hydroxylation sites is 2. The summed E-state index contributed by atoms with van der Waals surface area (Å²) in [7, 11) is 0. The Morgan fingerprint density at radius 2 is 1.56 bits per heavy atom. The first-order valence-corrected chi connectivity index (χ1v) is 10.9. The third kappa shape index (κ3) is 5.22. The van der Waals surface area contributed by atoms with E-state index >= 15 is 0 Å². The van der Waals surface area contributed by atoms with Gasteiger partial charge in [0.1, 0.15) is 0 Å². The molecule has 0 radical (unpaired) electrons. The van der Waals surface area contributed by atoms with E-state index in [2.05, 4.69) is 15.5 Å². The SMILES string of the molecule is CC(=O)Nc1cccc(-c2nnc(SCC(=O)N(c3ccccc3)c3ccccc3)o2)c1. The fraction of sp³-hybridized carbons (Fsp3) is 0.0833. The van der Waals surface area contributed by atoms with Crippen LogP contribution in [0.1, 0.15) is 6.92 Å². The van der Waals surface area contributed by atoms with E-state index in [1.165, 1.54) is 18.7 Å². The molecule has 0 saturated heterocycles. The normalized spacial score (nSPS) is 10.5. The summed E-state index contributed by atoms with van der Waals surface area (Å²) in [6.45, 7) is 1.44. The molecule has 4 rings (SSSR count). The van der Waals surface area contributed by atoms with Gasteiger partial charge in [-0.05, 0) is 42.5 Å². The Morgan fingerprint density at radius 3 is 2.19 bits per heavy atom. The molecular formula is C24H20N4O3S. The second-order valence-corrected chi connectivity index (χ2v) is 7.75.